The quantitative estimate of drug-likeness (QED) is 0.691. The zero-order valence-corrected chi connectivity index (χ0v) is 11.4. The predicted molar refractivity (Wildman–Crippen MR) is 71.4 cm³/mol. The maximum atomic E-state index is 13.4. The molecule has 0 aliphatic rings. The van der Waals surface area contributed by atoms with Crippen molar-refractivity contribution in [1.29, 1.82) is 0 Å². The molecule has 0 spiro atoms. The molecule has 0 aromatic heterocycles. The molecule has 2 aromatic rings. The Labute approximate surface area is 123 Å². The maximum Gasteiger partial charge on any atom is 0.265 e. The van der Waals surface area contributed by atoms with Gasteiger partial charge in [0.25, 0.3) is 5.91 Å². The van der Waals surface area contributed by atoms with Crippen molar-refractivity contribution in [3.05, 3.63) is 59.7 Å². The first-order valence-electron chi connectivity index (χ1n) is 6.25. The van der Waals surface area contributed by atoms with Gasteiger partial charge >= 0.3 is 0 Å². The molecular formula is C15H11F4NO2. The molecule has 1 atom stereocenters. The van der Waals surface area contributed by atoms with Crippen molar-refractivity contribution in [2.24, 2.45) is 0 Å². The topological polar surface area (TPSA) is 38.3 Å². The average molecular weight is 313 g/mol. The Balaban J connectivity index is 2.05. The lowest BCUT2D eigenvalue weighted by Gasteiger charge is -2.15. The van der Waals surface area contributed by atoms with E-state index in [1.165, 1.54) is 19.1 Å². The van der Waals surface area contributed by atoms with Gasteiger partial charge in [-0.15, -0.1) is 0 Å². The number of rotatable bonds is 4. The monoisotopic (exact) mass is 313 g/mol. The third kappa shape index (κ3) is 3.55. The molecule has 0 aliphatic heterocycles. The zero-order chi connectivity index (χ0) is 16.3. The minimum Gasteiger partial charge on any atom is -0.481 e. The molecule has 1 amide bonds. The molecule has 116 valence electrons. The second-order valence-electron chi connectivity index (χ2n) is 4.43. The van der Waals surface area contributed by atoms with E-state index < -0.39 is 41.0 Å². The minimum absolute atomic E-state index is 0.231. The lowest BCUT2D eigenvalue weighted by atomic mass is 10.2. The van der Waals surface area contributed by atoms with Crippen molar-refractivity contribution in [3.8, 4) is 5.75 Å². The van der Waals surface area contributed by atoms with E-state index in [1.807, 2.05) is 0 Å². The fourth-order valence-corrected chi connectivity index (χ4v) is 1.63. The Morgan fingerprint density at radius 3 is 2.27 bits per heavy atom. The second-order valence-corrected chi connectivity index (χ2v) is 4.43. The number of halogens is 4. The highest BCUT2D eigenvalue weighted by molar-refractivity contribution is 5.94. The van der Waals surface area contributed by atoms with E-state index in [4.69, 9.17) is 4.74 Å². The molecule has 0 saturated heterocycles. The summed E-state index contributed by atoms with van der Waals surface area (Å²) in [7, 11) is 0. The van der Waals surface area contributed by atoms with Gasteiger partial charge in [-0.25, -0.2) is 17.6 Å². The summed E-state index contributed by atoms with van der Waals surface area (Å²) in [6.45, 7) is 1.37. The van der Waals surface area contributed by atoms with Crippen LogP contribution in [0.1, 0.15) is 6.92 Å². The van der Waals surface area contributed by atoms with Crippen LogP contribution in [-0.4, -0.2) is 12.0 Å². The fraction of sp³-hybridized carbons (Fsp3) is 0.133. The highest BCUT2D eigenvalue weighted by Crippen LogP contribution is 2.20. The average Bonchev–Trinajstić information content (AvgIpc) is 2.50. The third-order valence-corrected chi connectivity index (χ3v) is 2.79. The maximum absolute atomic E-state index is 13.4. The normalized spacial score (nSPS) is 11.9. The molecule has 0 fully saturated rings. The Bertz CT molecular complexity index is 689. The van der Waals surface area contributed by atoms with E-state index in [2.05, 4.69) is 5.32 Å². The molecule has 2 aromatic carbocycles. The standard InChI is InChI=1S/C15H11F4NO2/c1-8(22-10-4-2-9(16)3-5-10)15(21)20-12-7-6-11(17)13(18)14(12)19/h2-8H,1H3,(H,20,21)/t8-/m0/s1. The van der Waals surface area contributed by atoms with Crippen LogP contribution in [0.15, 0.2) is 36.4 Å². The summed E-state index contributed by atoms with van der Waals surface area (Å²) in [6, 6.07) is 6.52. The van der Waals surface area contributed by atoms with Crippen molar-refractivity contribution < 1.29 is 27.1 Å². The molecular weight excluding hydrogens is 302 g/mol. The third-order valence-electron chi connectivity index (χ3n) is 2.79. The van der Waals surface area contributed by atoms with Gasteiger partial charge in [-0.1, -0.05) is 0 Å². The van der Waals surface area contributed by atoms with Crippen LogP contribution in [0.5, 0.6) is 5.75 Å². The summed E-state index contributed by atoms with van der Waals surface area (Å²) in [5, 5.41) is 2.09. The zero-order valence-electron chi connectivity index (χ0n) is 11.4. The van der Waals surface area contributed by atoms with Crippen LogP contribution in [0.3, 0.4) is 0 Å². The first-order chi connectivity index (χ1) is 10.4. The number of anilines is 1. The summed E-state index contributed by atoms with van der Waals surface area (Å²) in [4.78, 5) is 11.8. The number of nitrogens with one attached hydrogen (secondary N) is 1. The van der Waals surface area contributed by atoms with Gasteiger partial charge in [0, 0.05) is 0 Å². The van der Waals surface area contributed by atoms with E-state index in [9.17, 15) is 22.4 Å². The van der Waals surface area contributed by atoms with Crippen LogP contribution in [0.4, 0.5) is 23.2 Å². The first kappa shape index (κ1) is 15.8. The number of ether oxygens (including phenoxy) is 1. The predicted octanol–water partition coefficient (Wildman–Crippen LogP) is 3.65. The first-order valence-corrected chi connectivity index (χ1v) is 6.25. The van der Waals surface area contributed by atoms with E-state index in [-0.39, 0.29) is 5.75 Å². The number of benzene rings is 2. The van der Waals surface area contributed by atoms with Crippen LogP contribution in [-0.2, 0) is 4.79 Å². The van der Waals surface area contributed by atoms with Gasteiger partial charge in [-0.3, -0.25) is 4.79 Å². The molecule has 0 radical (unpaired) electrons. The number of carbonyl (C=O) groups excluding carboxylic acids is 1. The molecule has 0 bridgehead atoms. The number of hydrogen-bond acceptors (Lipinski definition) is 2. The van der Waals surface area contributed by atoms with E-state index in [0.29, 0.717) is 6.07 Å². The minimum atomic E-state index is -1.68. The van der Waals surface area contributed by atoms with Crippen molar-refractivity contribution in [1.82, 2.24) is 0 Å². The number of carbonyl (C=O) groups is 1. The molecule has 7 heteroatoms. The summed E-state index contributed by atoms with van der Waals surface area (Å²) in [5.41, 5.74) is -0.501. The Kier molecular flexibility index (Phi) is 4.65. The van der Waals surface area contributed by atoms with Crippen LogP contribution in [0.25, 0.3) is 0 Å². The molecule has 22 heavy (non-hydrogen) atoms. The summed E-state index contributed by atoms with van der Waals surface area (Å²) < 4.78 is 57.3. The SMILES string of the molecule is C[C@H](Oc1ccc(F)cc1)C(=O)Nc1ccc(F)c(F)c1F. The van der Waals surface area contributed by atoms with Crippen LogP contribution < -0.4 is 10.1 Å². The van der Waals surface area contributed by atoms with Crippen molar-refractivity contribution >= 4 is 11.6 Å². The van der Waals surface area contributed by atoms with Crippen molar-refractivity contribution in [2.45, 2.75) is 13.0 Å². The Hall–Kier alpha value is -2.57. The van der Waals surface area contributed by atoms with Gasteiger partial charge in [-0.2, -0.15) is 0 Å². The summed E-state index contributed by atoms with van der Waals surface area (Å²) in [5.74, 6) is -5.53. The van der Waals surface area contributed by atoms with E-state index in [1.54, 1.807) is 0 Å². The van der Waals surface area contributed by atoms with Crippen LogP contribution >= 0.6 is 0 Å². The van der Waals surface area contributed by atoms with Gasteiger partial charge in [-0.05, 0) is 43.3 Å². The molecule has 2 rings (SSSR count). The smallest absolute Gasteiger partial charge is 0.265 e. The fourth-order valence-electron chi connectivity index (χ4n) is 1.63. The lowest BCUT2D eigenvalue weighted by Crippen LogP contribution is -2.30. The highest BCUT2D eigenvalue weighted by atomic mass is 19.2. The summed E-state index contributed by atoms with van der Waals surface area (Å²) in [6.07, 6.45) is -1.06. The Morgan fingerprint density at radius 1 is 1.00 bits per heavy atom. The van der Waals surface area contributed by atoms with Gasteiger partial charge in [0.2, 0.25) is 0 Å². The van der Waals surface area contributed by atoms with Gasteiger partial charge in [0.1, 0.15) is 11.6 Å². The van der Waals surface area contributed by atoms with Gasteiger partial charge in [0.15, 0.2) is 23.6 Å². The van der Waals surface area contributed by atoms with Crippen LogP contribution in [0.2, 0.25) is 0 Å². The van der Waals surface area contributed by atoms with E-state index in [0.717, 1.165) is 18.2 Å². The van der Waals surface area contributed by atoms with E-state index >= 15 is 0 Å². The lowest BCUT2D eigenvalue weighted by molar-refractivity contribution is -0.122. The van der Waals surface area contributed by atoms with Crippen LogP contribution in [0, 0.1) is 23.3 Å². The highest BCUT2D eigenvalue weighted by Gasteiger charge is 2.19. The molecule has 0 unspecified atom stereocenters. The molecule has 0 aliphatic carbocycles. The largest absolute Gasteiger partial charge is 0.481 e. The second kappa shape index (κ2) is 6.46. The number of hydrogen-bond donors (Lipinski definition) is 1. The van der Waals surface area contributed by atoms with Gasteiger partial charge < -0.3 is 10.1 Å². The number of amides is 1. The van der Waals surface area contributed by atoms with Crippen molar-refractivity contribution in [3.63, 3.8) is 0 Å². The molecule has 1 N–H and O–H groups in total. The molecule has 0 heterocycles. The molecule has 0 saturated carbocycles. The Morgan fingerprint density at radius 2 is 1.64 bits per heavy atom. The van der Waals surface area contributed by atoms with Gasteiger partial charge in [0.05, 0.1) is 5.69 Å². The summed E-state index contributed by atoms with van der Waals surface area (Å²) >= 11 is 0. The van der Waals surface area contributed by atoms with Crippen molar-refractivity contribution in [2.75, 3.05) is 5.32 Å². The molecule has 3 nitrogen and oxygen atoms in total.